The molecule has 1 heterocycles. The number of rotatable bonds is 4. The van der Waals surface area contributed by atoms with E-state index < -0.39 is 0 Å². The van der Waals surface area contributed by atoms with Crippen LogP contribution < -0.4 is 16.0 Å². The molecule has 0 aliphatic carbocycles. The predicted molar refractivity (Wildman–Crippen MR) is 79.3 cm³/mol. The highest BCUT2D eigenvalue weighted by Gasteiger charge is 2.14. The van der Waals surface area contributed by atoms with Crippen LogP contribution in [0.4, 0.5) is 4.79 Å². The van der Waals surface area contributed by atoms with Crippen LogP contribution in [-0.4, -0.2) is 38.4 Å². The third kappa shape index (κ3) is 4.52. The number of hydrogen-bond acceptors (Lipinski definition) is 3. The van der Waals surface area contributed by atoms with E-state index in [1.165, 1.54) is 0 Å². The molecule has 1 aliphatic heterocycles. The van der Waals surface area contributed by atoms with E-state index in [4.69, 9.17) is 27.9 Å². The van der Waals surface area contributed by atoms with Gasteiger partial charge in [0.05, 0.1) is 22.8 Å². The summed E-state index contributed by atoms with van der Waals surface area (Å²) in [6, 6.07) is 5.07. The third-order valence-electron chi connectivity index (χ3n) is 2.97. The molecule has 2 amide bonds. The molecular formula is C13H17Cl2N3O2. The quantitative estimate of drug-likeness (QED) is 0.793. The molecule has 110 valence electrons. The highest BCUT2D eigenvalue weighted by molar-refractivity contribution is 6.42. The number of nitrogens with one attached hydrogen (secondary N) is 3. The number of hydrogen-bond donors (Lipinski definition) is 3. The Labute approximate surface area is 128 Å². The third-order valence-corrected chi connectivity index (χ3v) is 3.82. The van der Waals surface area contributed by atoms with E-state index in [2.05, 4.69) is 16.0 Å². The molecule has 0 aromatic heterocycles. The Hall–Kier alpha value is -1.01. The van der Waals surface area contributed by atoms with Crippen LogP contribution in [-0.2, 0) is 11.3 Å². The van der Waals surface area contributed by atoms with Crippen molar-refractivity contribution in [2.75, 3.05) is 26.2 Å². The number of urea groups is 1. The largest absolute Gasteiger partial charge is 0.374 e. The number of morpholine rings is 1. The zero-order valence-corrected chi connectivity index (χ0v) is 12.4. The fourth-order valence-electron chi connectivity index (χ4n) is 1.88. The number of carbonyl (C=O) groups excluding carboxylic acids is 1. The second kappa shape index (κ2) is 7.69. The van der Waals surface area contributed by atoms with Gasteiger partial charge in [0.2, 0.25) is 0 Å². The number of carbonyl (C=O) groups is 1. The fraction of sp³-hybridized carbons (Fsp3) is 0.462. The van der Waals surface area contributed by atoms with E-state index in [0.29, 0.717) is 29.7 Å². The monoisotopic (exact) mass is 317 g/mol. The van der Waals surface area contributed by atoms with E-state index in [0.717, 1.165) is 18.7 Å². The Bertz CT molecular complexity index is 465. The molecule has 1 atom stereocenters. The predicted octanol–water partition coefficient (Wildman–Crippen LogP) is 1.78. The molecule has 2 rings (SSSR count). The van der Waals surface area contributed by atoms with Crippen LogP contribution >= 0.6 is 23.2 Å². The minimum atomic E-state index is -0.254. The van der Waals surface area contributed by atoms with Gasteiger partial charge in [0.15, 0.2) is 0 Å². The van der Waals surface area contributed by atoms with Gasteiger partial charge in [-0.3, -0.25) is 0 Å². The normalized spacial score (nSPS) is 18.6. The first kappa shape index (κ1) is 15.4. The van der Waals surface area contributed by atoms with Crippen LogP contribution in [0.5, 0.6) is 0 Å². The van der Waals surface area contributed by atoms with Gasteiger partial charge in [-0.25, -0.2) is 4.79 Å². The summed E-state index contributed by atoms with van der Waals surface area (Å²) in [5.74, 6) is 0. The maximum absolute atomic E-state index is 11.7. The number of benzene rings is 1. The Kier molecular flexibility index (Phi) is 5.91. The van der Waals surface area contributed by atoms with Gasteiger partial charge in [-0.05, 0) is 11.6 Å². The van der Waals surface area contributed by atoms with Crippen molar-refractivity contribution in [2.24, 2.45) is 0 Å². The van der Waals surface area contributed by atoms with Crippen molar-refractivity contribution in [3.05, 3.63) is 33.8 Å². The smallest absolute Gasteiger partial charge is 0.315 e. The number of ether oxygens (including phenoxy) is 1. The molecule has 1 aromatic carbocycles. The first-order valence-corrected chi connectivity index (χ1v) is 7.19. The first-order valence-electron chi connectivity index (χ1n) is 6.43. The number of halogens is 2. The summed E-state index contributed by atoms with van der Waals surface area (Å²) in [6.07, 6.45) is 0.0178. The van der Waals surface area contributed by atoms with Gasteiger partial charge < -0.3 is 20.7 Å². The molecular weight excluding hydrogens is 301 g/mol. The summed E-state index contributed by atoms with van der Waals surface area (Å²) in [6.45, 7) is 3.08. The highest BCUT2D eigenvalue weighted by Crippen LogP contribution is 2.25. The van der Waals surface area contributed by atoms with Crippen LogP contribution in [0.3, 0.4) is 0 Å². The second-order valence-electron chi connectivity index (χ2n) is 4.47. The zero-order valence-electron chi connectivity index (χ0n) is 10.9. The SMILES string of the molecule is O=C(NCc1cccc(Cl)c1Cl)NCC1CNCCO1. The summed E-state index contributed by atoms with van der Waals surface area (Å²) in [5, 5.41) is 9.65. The van der Waals surface area contributed by atoms with Crippen LogP contribution in [0, 0.1) is 0 Å². The van der Waals surface area contributed by atoms with Gasteiger partial charge in [-0.15, -0.1) is 0 Å². The summed E-state index contributed by atoms with van der Waals surface area (Å²) < 4.78 is 5.48. The maximum Gasteiger partial charge on any atom is 0.315 e. The van der Waals surface area contributed by atoms with Crippen LogP contribution in [0.1, 0.15) is 5.56 Å². The van der Waals surface area contributed by atoms with E-state index in [1.54, 1.807) is 12.1 Å². The molecule has 1 saturated heterocycles. The highest BCUT2D eigenvalue weighted by atomic mass is 35.5. The van der Waals surface area contributed by atoms with Crippen molar-refractivity contribution in [1.82, 2.24) is 16.0 Å². The molecule has 5 nitrogen and oxygen atoms in total. The first-order chi connectivity index (χ1) is 9.66. The summed E-state index contributed by atoms with van der Waals surface area (Å²) in [5.41, 5.74) is 0.782. The second-order valence-corrected chi connectivity index (χ2v) is 5.26. The molecule has 20 heavy (non-hydrogen) atoms. The summed E-state index contributed by atoms with van der Waals surface area (Å²) >= 11 is 12.0. The Morgan fingerprint density at radius 2 is 2.25 bits per heavy atom. The zero-order chi connectivity index (χ0) is 14.4. The Balaban J connectivity index is 1.73. The molecule has 1 aromatic rings. The minimum Gasteiger partial charge on any atom is -0.374 e. The molecule has 0 saturated carbocycles. The van der Waals surface area contributed by atoms with Crippen molar-refractivity contribution in [3.63, 3.8) is 0 Å². The molecule has 0 radical (unpaired) electrons. The lowest BCUT2D eigenvalue weighted by Crippen LogP contribution is -2.47. The fourth-order valence-corrected chi connectivity index (χ4v) is 2.27. The summed E-state index contributed by atoms with van der Waals surface area (Å²) in [7, 11) is 0. The maximum atomic E-state index is 11.7. The average molecular weight is 318 g/mol. The van der Waals surface area contributed by atoms with Gasteiger partial charge in [0, 0.05) is 26.2 Å². The molecule has 0 spiro atoms. The molecule has 1 unspecified atom stereocenters. The lowest BCUT2D eigenvalue weighted by Gasteiger charge is -2.23. The van der Waals surface area contributed by atoms with Gasteiger partial charge in [-0.2, -0.15) is 0 Å². The molecule has 1 aliphatic rings. The van der Waals surface area contributed by atoms with Crippen LogP contribution in [0.25, 0.3) is 0 Å². The molecule has 3 N–H and O–H groups in total. The van der Waals surface area contributed by atoms with E-state index in [-0.39, 0.29) is 12.1 Å². The van der Waals surface area contributed by atoms with E-state index >= 15 is 0 Å². The van der Waals surface area contributed by atoms with E-state index in [9.17, 15) is 4.79 Å². The molecule has 7 heteroatoms. The average Bonchev–Trinajstić information content (AvgIpc) is 2.48. The van der Waals surface area contributed by atoms with Crippen LogP contribution in [0.2, 0.25) is 10.0 Å². The van der Waals surface area contributed by atoms with Crippen molar-refractivity contribution in [2.45, 2.75) is 12.6 Å². The molecule has 0 bridgehead atoms. The Morgan fingerprint density at radius 3 is 3.00 bits per heavy atom. The lowest BCUT2D eigenvalue weighted by atomic mass is 10.2. The topological polar surface area (TPSA) is 62.4 Å². The Morgan fingerprint density at radius 1 is 1.40 bits per heavy atom. The summed E-state index contributed by atoms with van der Waals surface area (Å²) in [4.78, 5) is 11.7. The van der Waals surface area contributed by atoms with Gasteiger partial charge in [0.25, 0.3) is 0 Å². The number of amides is 2. The van der Waals surface area contributed by atoms with E-state index in [1.807, 2.05) is 6.07 Å². The standard InChI is InChI=1S/C13H17Cl2N3O2/c14-11-3-1-2-9(12(11)15)6-17-13(19)18-8-10-7-16-4-5-20-10/h1-3,10,16H,4-8H2,(H2,17,18,19). The van der Waals surface area contributed by atoms with Gasteiger partial charge in [0.1, 0.15) is 0 Å². The van der Waals surface area contributed by atoms with Crippen molar-refractivity contribution in [3.8, 4) is 0 Å². The van der Waals surface area contributed by atoms with Crippen molar-refractivity contribution < 1.29 is 9.53 Å². The lowest BCUT2D eigenvalue weighted by molar-refractivity contribution is 0.0307. The van der Waals surface area contributed by atoms with Crippen LogP contribution in [0.15, 0.2) is 18.2 Å². The van der Waals surface area contributed by atoms with Gasteiger partial charge in [-0.1, -0.05) is 35.3 Å². The minimum absolute atomic E-state index is 0.0178. The van der Waals surface area contributed by atoms with Crippen molar-refractivity contribution in [1.29, 1.82) is 0 Å². The van der Waals surface area contributed by atoms with Gasteiger partial charge >= 0.3 is 6.03 Å². The molecule has 1 fully saturated rings. The van der Waals surface area contributed by atoms with Crippen molar-refractivity contribution >= 4 is 29.2 Å².